The summed E-state index contributed by atoms with van der Waals surface area (Å²) in [5, 5.41) is 0. The molecule has 1 heterocycles. The highest BCUT2D eigenvalue weighted by Gasteiger charge is 2.18. The summed E-state index contributed by atoms with van der Waals surface area (Å²) >= 11 is 3.75. The minimum absolute atomic E-state index is 0.377. The third kappa shape index (κ3) is 3.34. The Morgan fingerprint density at radius 2 is 1.27 bits per heavy atom. The van der Waals surface area contributed by atoms with Crippen LogP contribution in [0, 0.1) is 13.8 Å². The van der Waals surface area contributed by atoms with Crippen molar-refractivity contribution in [3.63, 3.8) is 0 Å². The van der Waals surface area contributed by atoms with Crippen molar-refractivity contribution in [2.24, 2.45) is 0 Å². The average Bonchev–Trinajstić information content (AvgIpc) is 3.08. The quantitative estimate of drug-likeness (QED) is 0.414. The first-order valence-electron chi connectivity index (χ1n) is 8.99. The minimum Gasteiger partial charge on any atom is -0.313 e. The molecule has 0 fully saturated rings. The maximum atomic E-state index is 3.75. The highest BCUT2D eigenvalue weighted by molar-refractivity contribution is 9.09. The van der Waals surface area contributed by atoms with Crippen LogP contribution in [0.1, 0.15) is 17.5 Å². The second-order valence-electron chi connectivity index (χ2n) is 6.93. The fourth-order valence-corrected chi connectivity index (χ4v) is 3.94. The second kappa shape index (κ2) is 7.13. The summed E-state index contributed by atoms with van der Waals surface area (Å²) in [4.78, 5) is 0.377. The first-order chi connectivity index (χ1) is 12.6. The molecule has 1 nitrogen and oxygen atoms in total. The van der Waals surface area contributed by atoms with Gasteiger partial charge in [-0.2, -0.15) is 0 Å². The Bertz CT molecular complexity index is 909. The average molecular weight is 404 g/mol. The van der Waals surface area contributed by atoms with Crippen molar-refractivity contribution >= 4 is 21.6 Å². The number of rotatable bonds is 3. The molecule has 1 aliphatic carbocycles. The van der Waals surface area contributed by atoms with Gasteiger partial charge in [0.1, 0.15) is 0 Å². The summed E-state index contributed by atoms with van der Waals surface area (Å²) in [6.07, 6.45) is 7.55. The van der Waals surface area contributed by atoms with E-state index in [1.54, 1.807) is 0 Å². The fraction of sp³-hybridized carbons (Fsp3) is 0.167. The van der Waals surface area contributed by atoms with E-state index in [9.17, 15) is 0 Å². The molecule has 1 aliphatic rings. The lowest BCUT2D eigenvalue weighted by atomic mass is 10.1. The van der Waals surface area contributed by atoms with E-state index in [0.29, 0.717) is 4.83 Å². The number of nitrogens with zero attached hydrogens (tertiary/aromatic N) is 1. The van der Waals surface area contributed by atoms with Gasteiger partial charge in [-0.25, -0.2) is 0 Å². The van der Waals surface area contributed by atoms with Gasteiger partial charge in [-0.3, -0.25) is 0 Å². The number of hydrogen-bond acceptors (Lipinski definition) is 0. The predicted octanol–water partition coefficient (Wildman–Crippen LogP) is 7.00. The minimum atomic E-state index is 0.377. The van der Waals surface area contributed by atoms with Crippen LogP contribution in [0.25, 0.3) is 28.2 Å². The van der Waals surface area contributed by atoms with E-state index < -0.39 is 0 Å². The van der Waals surface area contributed by atoms with Gasteiger partial charge in [-0.1, -0.05) is 87.7 Å². The molecular weight excluding hydrogens is 382 g/mol. The Labute approximate surface area is 163 Å². The summed E-state index contributed by atoms with van der Waals surface area (Å²) in [5.74, 6) is 0. The van der Waals surface area contributed by atoms with Gasteiger partial charge < -0.3 is 4.57 Å². The molecule has 2 heteroatoms. The highest BCUT2D eigenvalue weighted by Crippen LogP contribution is 2.35. The van der Waals surface area contributed by atoms with Gasteiger partial charge >= 0.3 is 0 Å². The molecular formula is C24H22BrN. The van der Waals surface area contributed by atoms with Crippen molar-refractivity contribution in [3.8, 4) is 22.5 Å². The lowest BCUT2D eigenvalue weighted by Gasteiger charge is -2.21. The van der Waals surface area contributed by atoms with Crippen LogP contribution in [0.15, 0.2) is 78.9 Å². The SMILES string of the molecule is Cc1ccc(-c2ccc(-c3ccc(C)cc3)n2C2=CC=CC(Br)C2)cc1. The third-order valence-corrected chi connectivity index (χ3v) is 5.50. The molecule has 130 valence electrons. The molecule has 0 aliphatic heterocycles. The second-order valence-corrected chi connectivity index (χ2v) is 8.11. The van der Waals surface area contributed by atoms with E-state index in [1.807, 2.05) is 0 Å². The monoisotopic (exact) mass is 403 g/mol. The number of aromatic nitrogens is 1. The zero-order valence-corrected chi connectivity index (χ0v) is 16.7. The van der Waals surface area contributed by atoms with E-state index in [0.717, 1.165) is 6.42 Å². The van der Waals surface area contributed by atoms with Crippen molar-refractivity contribution in [3.05, 3.63) is 90.0 Å². The maximum absolute atomic E-state index is 3.75. The third-order valence-electron chi connectivity index (χ3n) is 4.88. The molecule has 0 amide bonds. The summed E-state index contributed by atoms with van der Waals surface area (Å²) in [7, 11) is 0. The van der Waals surface area contributed by atoms with Crippen LogP contribution < -0.4 is 0 Å². The summed E-state index contributed by atoms with van der Waals surface area (Å²) in [5.41, 5.74) is 8.84. The predicted molar refractivity (Wildman–Crippen MR) is 116 cm³/mol. The van der Waals surface area contributed by atoms with E-state index in [2.05, 4.69) is 113 Å². The van der Waals surface area contributed by atoms with Crippen LogP contribution in [0.5, 0.6) is 0 Å². The van der Waals surface area contributed by atoms with E-state index in [-0.39, 0.29) is 0 Å². The topological polar surface area (TPSA) is 4.93 Å². The molecule has 1 atom stereocenters. The highest BCUT2D eigenvalue weighted by atomic mass is 79.9. The lowest BCUT2D eigenvalue weighted by molar-refractivity contribution is 0.975. The smallest absolute Gasteiger partial charge is 0.0531 e. The normalized spacial score (nSPS) is 16.6. The number of halogens is 1. The Morgan fingerprint density at radius 1 is 0.769 bits per heavy atom. The number of alkyl halides is 1. The van der Waals surface area contributed by atoms with Gasteiger partial charge in [0.2, 0.25) is 0 Å². The van der Waals surface area contributed by atoms with Crippen LogP contribution >= 0.6 is 15.9 Å². The van der Waals surface area contributed by atoms with Crippen LogP contribution in [0.3, 0.4) is 0 Å². The lowest BCUT2D eigenvalue weighted by Crippen LogP contribution is -2.08. The van der Waals surface area contributed by atoms with Crippen LogP contribution in [0.4, 0.5) is 0 Å². The molecule has 0 bridgehead atoms. The molecule has 0 saturated carbocycles. The number of hydrogen-bond donors (Lipinski definition) is 0. The number of benzene rings is 2. The molecule has 0 spiro atoms. The Hall–Kier alpha value is -2.32. The number of aryl methyl sites for hydroxylation is 2. The van der Waals surface area contributed by atoms with Crippen LogP contribution in [-0.4, -0.2) is 9.39 Å². The molecule has 0 N–H and O–H groups in total. The van der Waals surface area contributed by atoms with Gasteiger partial charge in [0.15, 0.2) is 0 Å². The van der Waals surface area contributed by atoms with Gasteiger partial charge in [0.05, 0.1) is 11.4 Å². The van der Waals surface area contributed by atoms with Crippen molar-refractivity contribution in [1.29, 1.82) is 0 Å². The van der Waals surface area contributed by atoms with Crippen LogP contribution in [0.2, 0.25) is 0 Å². The summed E-state index contributed by atoms with van der Waals surface area (Å²) in [6, 6.07) is 22.1. The van der Waals surface area contributed by atoms with Gasteiger partial charge in [-0.15, -0.1) is 0 Å². The van der Waals surface area contributed by atoms with E-state index in [1.165, 1.54) is 39.3 Å². The largest absolute Gasteiger partial charge is 0.313 e. The first kappa shape index (κ1) is 17.1. The summed E-state index contributed by atoms with van der Waals surface area (Å²) < 4.78 is 2.41. The standard InChI is InChI=1S/C24H22BrN/c1-17-6-10-19(11-7-17)23-14-15-24(20-12-8-18(2)9-13-20)26(23)22-5-3-4-21(25)16-22/h3-15,21H,16H2,1-2H3. The van der Waals surface area contributed by atoms with Crippen molar-refractivity contribution in [2.75, 3.05) is 0 Å². The Kier molecular flexibility index (Phi) is 4.69. The molecule has 1 aromatic heterocycles. The fourth-order valence-electron chi connectivity index (χ4n) is 3.43. The molecule has 0 saturated heterocycles. The molecule has 0 radical (unpaired) electrons. The van der Waals surface area contributed by atoms with Crippen molar-refractivity contribution < 1.29 is 0 Å². The maximum Gasteiger partial charge on any atom is 0.0531 e. The van der Waals surface area contributed by atoms with Gasteiger partial charge in [0.25, 0.3) is 0 Å². The zero-order valence-electron chi connectivity index (χ0n) is 15.1. The van der Waals surface area contributed by atoms with E-state index in [4.69, 9.17) is 0 Å². The molecule has 1 unspecified atom stereocenters. The zero-order chi connectivity index (χ0) is 18.1. The summed E-state index contributed by atoms with van der Waals surface area (Å²) in [6.45, 7) is 4.26. The molecule has 3 aromatic rings. The first-order valence-corrected chi connectivity index (χ1v) is 9.91. The van der Waals surface area contributed by atoms with Crippen LogP contribution in [-0.2, 0) is 0 Å². The van der Waals surface area contributed by atoms with Crippen molar-refractivity contribution in [2.45, 2.75) is 25.1 Å². The molecule has 2 aromatic carbocycles. The molecule has 4 rings (SSSR count). The van der Waals surface area contributed by atoms with Gasteiger partial charge in [-0.05, 0) is 43.2 Å². The van der Waals surface area contributed by atoms with Gasteiger partial charge in [0, 0.05) is 16.9 Å². The van der Waals surface area contributed by atoms with E-state index >= 15 is 0 Å². The Morgan fingerprint density at radius 3 is 1.73 bits per heavy atom. The molecule has 26 heavy (non-hydrogen) atoms. The Balaban J connectivity index is 1.90. The van der Waals surface area contributed by atoms with Crippen molar-refractivity contribution in [1.82, 2.24) is 4.57 Å². The number of allylic oxidation sites excluding steroid dienone is 4.